The van der Waals surface area contributed by atoms with Crippen LogP contribution in [0.2, 0.25) is 0 Å². The van der Waals surface area contributed by atoms with Gasteiger partial charge in [-0.3, -0.25) is 4.79 Å². The van der Waals surface area contributed by atoms with Gasteiger partial charge in [0.2, 0.25) is 0 Å². The summed E-state index contributed by atoms with van der Waals surface area (Å²) < 4.78 is 28.7. The highest BCUT2D eigenvalue weighted by atomic mass is 19.3. The third-order valence-corrected chi connectivity index (χ3v) is 6.64. The van der Waals surface area contributed by atoms with Crippen molar-refractivity contribution in [1.29, 1.82) is 0 Å². The standard InChI is InChI=1S/C22H27F2N7O2/c1-25-19-10-18(27-13-4-3-9-30(12-13)15-5-2-6-16(15)32)29-20-14(11-26-31(19)20)21(33)28-17-7-8-22(17,23)24/h3-4,9-11,15-17,25,32H,2,5-8,12H2,1H3,(H,27,29)(H,28,33)/t15?,16-,17+/m1/s1. The van der Waals surface area contributed by atoms with Gasteiger partial charge in [0.15, 0.2) is 5.65 Å². The SMILES string of the molecule is CNc1cc(NC2=CC=CN(C3CCC[C@H]3O)C2)nc2c(C(=O)N[C@H]3CCC3(F)F)cnn12. The van der Waals surface area contributed by atoms with Crippen LogP contribution < -0.4 is 16.0 Å². The van der Waals surface area contributed by atoms with Crippen LogP contribution in [0.3, 0.4) is 0 Å². The minimum atomic E-state index is -2.88. The number of allylic oxidation sites excluding steroid dienone is 2. The van der Waals surface area contributed by atoms with Gasteiger partial charge in [-0.25, -0.2) is 13.8 Å². The molecule has 3 heterocycles. The van der Waals surface area contributed by atoms with Crippen LogP contribution in [-0.4, -0.2) is 68.2 Å². The number of aliphatic hydroxyl groups excluding tert-OH is 1. The van der Waals surface area contributed by atoms with E-state index >= 15 is 0 Å². The summed E-state index contributed by atoms with van der Waals surface area (Å²) >= 11 is 0. The number of rotatable bonds is 6. The van der Waals surface area contributed by atoms with E-state index in [1.165, 1.54) is 10.7 Å². The molecular weight excluding hydrogens is 432 g/mol. The van der Waals surface area contributed by atoms with Gasteiger partial charge in [-0.1, -0.05) is 0 Å². The summed E-state index contributed by atoms with van der Waals surface area (Å²) in [5.74, 6) is -2.43. The summed E-state index contributed by atoms with van der Waals surface area (Å²) in [6.07, 6.45) is 9.62. The molecule has 3 atom stereocenters. The number of halogens is 2. The predicted octanol–water partition coefficient (Wildman–Crippen LogP) is 2.34. The zero-order chi connectivity index (χ0) is 23.2. The van der Waals surface area contributed by atoms with Crippen LogP contribution in [0.15, 0.2) is 36.3 Å². The average Bonchev–Trinajstić information content (AvgIpc) is 3.42. The van der Waals surface area contributed by atoms with Gasteiger partial charge in [-0.05, 0) is 44.0 Å². The normalized spacial score (nSPS) is 26.1. The van der Waals surface area contributed by atoms with Crippen LogP contribution in [0.5, 0.6) is 0 Å². The lowest BCUT2D eigenvalue weighted by Crippen LogP contribution is -2.55. The zero-order valence-electron chi connectivity index (χ0n) is 18.3. The fourth-order valence-corrected chi connectivity index (χ4v) is 4.64. The Morgan fingerprint density at radius 1 is 1.30 bits per heavy atom. The highest BCUT2D eigenvalue weighted by molar-refractivity contribution is 6.00. The topological polar surface area (TPSA) is 107 Å². The second-order valence-electron chi connectivity index (χ2n) is 8.79. The van der Waals surface area contributed by atoms with Gasteiger partial charge in [-0.15, -0.1) is 0 Å². The van der Waals surface area contributed by atoms with Gasteiger partial charge in [-0.2, -0.15) is 9.61 Å². The van der Waals surface area contributed by atoms with E-state index < -0.39 is 17.9 Å². The third kappa shape index (κ3) is 4.01. The summed E-state index contributed by atoms with van der Waals surface area (Å²) in [5, 5.41) is 23.2. The molecular formula is C22H27F2N7O2. The van der Waals surface area contributed by atoms with Crippen molar-refractivity contribution in [3.63, 3.8) is 0 Å². The lowest BCUT2D eigenvalue weighted by molar-refractivity contribution is -0.102. The van der Waals surface area contributed by atoms with E-state index in [1.54, 1.807) is 13.1 Å². The van der Waals surface area contributed by atoms with Crippen molar-refractivity contribution in [3.05, 3.63) is 41.9 Å². The van der Waals surface area contributed by atoms with Gasteiger partial charge in [0, 0.05) is 25.2 Å². The number of nitrogens with zero attached hydrogens (tertiary/aromatic N) is 4. The summed E-state index contributed by atoms with van der Waals surface area (Å²) in [7, 11) is 1.72. The zero-order valence-corrected chi connectivity index (χ0v) is 18.3. The fourth-order valence-electron chi connectivity index (χ4n) is 4.64. The average molecular weight is 460 g/mol. The van der Waals surface area contributed by atoms with Gasteiger partial charge in [0.05, 0.1) is 30.9 Å². The van der Waals surface area contributed by atoms with Gasteiger partial charge in [0.1, 0.15) is 17.2 Å². The smallest absolute Gasteiger partial charge is 0.267 e. The van der Waals surface area contributed by atoms with Crippen molar-refractivity contribution >= 4 is 23.2 Å². The third-order valence-electron chi connectivity index (χ3n) is 6.64. The van der Waals surface area contributed by atoms with E-state index in [-0.39, 0.29) is 36.2 Å². The molecule has 2 aromatic heterocycles. The maximum Gasteiger partial charge on any atom is 0.267 e. The van der Waals surface area contributed by atoms with E-state index in [0.717, 1.165) is 25.0 Å². The number of anilines is 2. The van der Waals surface area contributed by atoms with Gasteiger partial charge >= 0.3 is 0 Å². The molecule has 4 N–H and O–H groups in total. The molecule has 176 valence electrons. The summed E-state index contributed by atoms with van der Waals surface area (Å²) in [6, 6.07) is 0.682. The van der Waals surface area contributed by atoms with E-state index in [4.69, 9.17) is 0 Å². The summed E-state index contributed by atoms with van der Waals surface area (Å²) in [5.41, 5.74) is 1.28. The van der Waals surface area contributed by atoms with Crippen molar-refractivity contribution in [1.82, 2.24) is 24.8 Å². The molecule has 33 heavy (non-hydrogen) atoms. The molecule has 3 aliphatic rings. The molecule has 0 saturated heterocycles. The van der Waals surface area contributed by atoms with Crippen molar-refractivity contribution in [2.45, 2.75) is 56.2 Å². The van der Waals surface area contributed by atoms with Gasteiger partial charge in [0.25, 0.3) is 11.8 Å². The number of amides is 1. The quantitative estimate of drug-likeness (QED) is 0.525. The first kappa shape index (κ1) is 21.6. The molecule has 1 amide bonds. The Balaban J connectivity index is 1.37. The van der Waals surface area contributed by atoms with E-state index in [1.807, 2.05) is 18.4 Å². The minimum Gasteiger partial charge on any atom is -0.391 e. The molecule has 2 aromatic rings. The molecule has 11 heteroatoms. The molecule has 2 saturated carbocycles. The first-order chi connectivity index (χ1) is 15.9. The number of hydrogen-bond donors (Lipinski definition) is 4. The largest absolute Gasteiger partial charge is 0.391 e. The highest BCUT2D eigenvalue weighted by Crippen LogP contribution is 2.37. The van der Waals surface area contributed by atoms with Crippen LogP contribution in [0.4, 0.5) is 20.4 Å². The molecule has 0 aromatic carbocycles. The molecule has 1 unspecified atom stereocenters. The Hall–Kier alpha value is -3.21. The van der Waals surface area contributed by atoms with Crippen LogP contribution in [0, 0.1) is 0 Å². The Kier molecular flexibility index (Phi) is 5.43. The number of carbonyl (C=O) groups is 1. The van der Waals surface area contributed by atoms with Crippen LogP contribution in [-0.2, 0) is 0 Å². The van der Waals surface area contributed by atoms with Crippen molar-refractivity contribution in [2.24, 2.45) is 0 Å². The van der Waals surface area contributed by atoms with E-state index in [2.05, 4.69) is 30.9 Å². The molecule has 5 rings (SSSR count). The molecule has 0 spiro atoms. The first-order valence-electron chi connectivity index (χ1n) is 11.2. The maximum absolute atomic E-state index is 13.6. The molecule has 2 aliphatic carbocycles. The second kappa shape index (κ2) is 8.29. The number of hydrogen-bond acceptors (Lipinski definition) is 7. The monoisotopic (exact) mass is 459 g/mol. The molecule has 1 aliphatic heterocycles. The van der Waals surface area contributed by atoms with Crippen molar-refractivity contribution < 1.29 is 18.7 Å². The Morgan fingerprint density at radius 3 is 2.82 bits per heavy atom. The molecule has 0 bridgehead atoms. The lowest BCUT2D eigenvalue weighted by Gasteiger charge is -2.36. The van der Waals surface area contributed by atoms with Crippen LogP contribution >= 0.6 is 0 Å². The lowest BCUT2D eigenvalue weighted by atomic mass is 9.88. The Morgan fingerprint density at radius 2 is 2.15 bits per heavy atom. The van der Waals surface area contributed by atoms with Crippen LogP contribution in [0.1, 0.15) is 42.5 Å². The fraction of sp³-hybridized carbons (Fsp3) is 0.500. The highest BCUT2D eigenvalue weighted by Gasteiger charge is 2.49. The van der Waals surface area contributed by atoms with E-state index in [0.29, 0.717) is 18.2 Å². The number of fused-ring (bicyclic) bond motifs is 1. The number of alkyl halides is 2. The Labute approximate surface area is 189 Å². The van der Waals surface area contributed by atoms with Crippen molar-refractivity contribution in [3.8, 4) is 0 Å². The number of aliphatic hydroxyl groups is 1. The van der Waals surface area contributed by atoms with E-state index in [9.17, 15) is 18.7 Å². The summed E-state index contributed by atoms with van der Waals surface area (Å²) in [6.45, 7) is 0.587. The predicted molar refractivity (Wildman–Crippen MR) is 119 cm³/mol. The number of aromatic nitrogens is 3. The number of carbonyl (C=O) groups excluding carboxylic acids is 1. The maximum atomic E-state index is 13.6. The van der Waals surface area contributed by atoms with Crippen molar-refractivity contribution in [2.75, 3.05) is 24.2 Å². The van der Waals surface area contributed by atoms with Crippen LogP contribution in [0.25, 0.3) is 5.65 Å². The first-order valence-corrected chi connectivity index (χ1v) is 11.2. The molecule has 0 radical (unpaired) electrons. The Bertz CT molecular complexity index is 1130. The molecule has 2 fully saturated rings. The second-order valence-corrected chi connectivity index (χ2v) is 8.79. The van der Waals surface area contributed by atoms with Gasteiger partial charge < -0.3 is 26.0 Å². The minimum absolute atomic E-state index is 0.0878. The summed E-state index contributed by atoms with van der Waals surface area (Å²) in [4.78, 5) is 19.4. The molecule has 9 nitrogen and oxygen atoms in total. The number of nitrogens with one attached hydrogen (secondary N) is 3.